The third kappa shape index (κ3) is 2.77. The van der Waals surface area contributed by atoms with Crippen molar-refractivity contribution in [1.82, 2.24) is 0 Å². The summed E-state index contributed by atoms with van der Waals surface area (Å²) in [6.45, 7) is 0.513. The van der Waals surface area contributed by atoms with E-state index in [1.165, 1.54) is 72.3 Å². The van der Waals surface area contributed by atoms with E-state index >= 15 is 0 Å². The Labute approximate surface area is 200 Å². The maximum absolute atomic E-state index is 6.48. The van der Waals surface area contributed by atoms with Gasteiger partial charge in [0.25, 0.3) is 0 Å². The normalized spacial score (nSPS) is 12.7. The monoisotopic (exact) mass is 435 g/mol. The van der Waals surface area contributed by atoms with E-state index in [-0.39, 0.29) is 0 Å². The quantitative estimate of drug-likeness (QED) is 0.303. The summed E-state index contributed by atoms with van der Waals surface area (Å²) in [5.74, 6) is 0. The molecule has 0 atom stereocenters. The van der Waals surface area contributed by atoms with Crippen molar-refractivity contribution in [3.8, 4) is 44.5 Å². The first-order valence-corrected chi connectivity index (χ1v) is 12.1. The van der Waals surface area contributed by atoms with Gasteiger partial charge in [-0.3, -0.25) is 0 Å². The predicted molar refractivity (Wildman–Crippen MR) is 142 cm³/mol. The van der Waals surface area contributed by atoms with E-state index in [2.05, 4.69) is 103 Å². The van der Waals surface area contributed by atoms with E-state index in [1.54, 1.807) is 0 Å². The van der Waals surface area contributed by atoms with Gasteiger partial charge in [-0.05, 0) is 85.2 Å². The van der Waals surface area contributed by atoms with Gasteiger partial charge in [-0.15, -0.1) is 0 Å². The van der Waals surface area contributed by atoms with Crippen molar-refractivity contribution in [2.24, 2.45) is 5.73 Å². The van der Waals surface area contributed by atoms with E-state index < -0.39 is 0 Å². The molecule has 0 heterocycles. The molecule has 2 aliphatic rings. The number of rotatable bonds is 3. The van der Waals surface area contributed by atoms with E-state index in [0.717, 1.165) is 12.8 Å². The molecule has 5 aromatic rings. The fourth-order valence-corrected chi connectivity index (χ4v) is 6.13. The van der Waals surface area contributed by atoms with Crippen LogP contribution in [-0.2, 0) is 19.4 Å². The zero-order chi connectivity index (χ0) is 22.6. The molecule has 2 N–H and O–H groups in total. The Morgan fingerprint density at radius 2 is 0.765 bits per heavy atom. The SMILES string of the molecule is NCc1c(-c2cccc3c2Cc2ccccc2-3)cccc1-c1cccc2c1Cc1ccccc1-2. The Balaban J connectivity index is 1.41. The van der Waals surface area contributed by atoms with Gasteiger partial charge >= 0.3 is 0 Å². The molecule has 0 saturated heterocycles. The molecule has 0 aromatic heterocycles. The van der Waals surface area contributed by atoms with Crippen molar-refractivity contribution < 1.29 is 0 Å². The van der Waals surface area contributed by atoms with Crippen LogP contribution in [0.15, 0.2) is 103 Å². The maximum atomic E-state index is 6.48. The van der Waals surface area contributed by atoms with E-state index in [4.69, 9.17) is 5.73 Å². The lowest BCUT2D eigenvalue weighted by atomic mass is 9.86. The number of benzene rings is 5. The first-order valence-electron chi connectivity index (χ1n) is 12.1. The van der Waals surface area contributed by atoms with Crippen LogP contribution in [-0.4, -0.2) is 0 Å². The molecule has 0 amide bonds. The molecule has 2 aliphatic carbocycles. The van der Waals surface area contributed by atoms with Crippen molar-refractivity contribution in [2.45, 2.75) is 19.4 Å². The summed E-state index contributed by atoms with van der Waals surface area (Å²) in [6.07, 6.45) is 1.96. The van der Waals surface area contributed by atoms with Gasteiger partial charge in [0, 0.05) is 6.54 Å². The summed E-state index contributed by atoms with van der Waals surface area (Å²) < 4.78 is 0. The van der Waals surface area contributed by atoms with Crippen LogP contribution < -0.4 is 5.73 Å². The molecule has 1 heteroatoms. The smallest absolute Gasteiger partial charge is 0.0190 e. The Morgan fingerprint density at radius 3 is 1.21 bits per heavy atom. The molecule has 7 rings (SSSR count). The van der Waals surface area contributed by atoms with Gasteiger partial charge in [0.05, 0.1) is 0 Å². The number of hydrogen-bond donors (Lipinski definition) is 1. The summed E-state index contributed by atoms with van der Waals surface area (Å²) in [7, 11) is 0. The maximum Gasteiger partial charge on any atom is 0.0190 e. The van der Waals surface area contributed by atoms with Crippen LogP contribution in [0.2, 0.25) is 0 Å². The highest BCUT2D eigenvalue weighted by molar-refractivity contribution is 5.90. The minimum atomic E-state index is 0.513. The highest BCUT2D eigenvalue weighted by Gasteiger charge is 2.25. The van der Waals surface area contributed by atoms with Crippen molar-refractivity contribution in [3.05, 3.63) is 131 Å². The molecule has 0 fully saturated rings. The Morgan fingerprint density at radius 1 is 0.412 bits per heavy atom. The molecular weight excluding hydrogens is 410 g/mol. The summed E-state index contributed by atoms with van der Waals surface area (Å²) in [5, 5.41) is 0. The number of fused-ring (bicyclic) bond motifs is 6. The van der Waals surface area contributed by atoms with E-state index in [9.17, 15) is 0 Å². The summed E-state index contributed by atoms with van der Waals surface area (Å²) >= 11 is 0. The summed E-state index contributed by atoms with van der Waals surface area (Å²) in [5.41, 5.74) is 24.0. The molecular formula is C33H25N. The first kappa shape index (κ1) is 19.5. The Bertz CT molecular complexity index is 1480. The molecule has 1 nitrogen and oxygen atoms in total. The standard InChI is InChI=1S/C33H25N/c34-20-33-29(27-14-5-12-25-23-10-3-1-8-21(23)18-31(25)27)16-7-17-30(33)28-15-6-13-26-24-11-4-2-9-22(24)19-32(26)28/h1-17H,18-20,34H2. The van der Waals surface area contributed by atoms with Crippen LogP contribution in [0.5, 0.6) is 0 Å². The van der Waals surface area contributed by atoms with Crippen molar-refractivity contribution in [1.29, 1.82) is 0 Å². The Hall–Kier alpha value is -3.94. The molecule has 0 unspecified atom stereocenters. The van der Waals surface area contributed by atoms with Crippen LogP contribution in [0.3, 0.4) is 0 Å². The summed E-state index contributed by atoms with van der Waals surface area (Å²) in [4.78, 5) is 0. The zero-order valence-corrected chi connectivity index (χ0v) is 19.0. The van der Waals surface area contributed by atoms with Crippen molar-refractivity contribution in [3.63, 3.8) is 0 Å². The van der Waals surface area contributed by atoms with Crippen molar-refractivity contribution in [2.75, 3.05) is 0 Å². The average Bonchev–Trinajstić information content (AvgIpc) is 3.46. The second kappa shape index (κ2) is 7.55. The van der Waals surface area contributed by atoms with Gasteiger partial charge in [-0.2, -0.15) is 0 Å². The van der Waals surface area contributed by atoms with Crippen LogP contribution in [0.4, 0.5) is 0 Å². The number of hydrogen-bond acceptors (Lipinski definition) is 1. The van der Waals surface area contributed by atoms with Crippen LogP contribution in [0, 0.1) is 0 Å². The fourth-order valence-electron chi connectivity index (χ4n) is 6.13. The third-order valence-corrected chi connectivity index (χ3v) is 7.66. The molecule has 162 valence electrons. The topological polar surface area (TPSA) is 26.0 Å². The molecule has 34 heavy (non-hydrogen) atoms. The van der Waals surface area contributed by atoms with Crippen LogP contribution in [0.1, 0.15) is 27.8 Å². The first-order chi connectivity index (χ1) is 16.8. The molecule has 0 spiro atoms. The zero-order valence-electron chi connectivity index (χ0n) is 19.0. The van der Waals surface area contributed by atoms with Gasteiger partial charge in [-0.25, -0.2) is 0 Å². The lowest BCUT2D eigenvalue weighted by molar-refractivity contribution is 1.07. The molecule has 0 bridgehead atoms. The lowest BCUT2D eigenvalue weighted by Crippen LogP contribution is -2.04. The highest BCUT2D eigenvalue weighted by Crippen LogP contribution is 2.46. The van der Waals surface area contributed by atoms with Crippen molar-refractivity contribution >= 4 is 0 Å². The largest absolute Gasteiger partial charge is 0.326 e. The second-order valence-electron chi connectivity index (χ2n) is 9.37. The van der Waals surface area contributed by atoms with Crippen LogP contribution in [0.25, 0.3) is 44.5 Å². The molecule has 5 aromatic carbocycles. The van der Waals surface area contributed by atoms with E-state index in [1.807, 2.05) is 0 Å². The minimum absolute atomic E-state index is 0.513. The van der Waals surface area contributed by atoms with Gasteiger partial charge in [0.1, 0.15) is 0 Å². The van der Waals surface area contributed by atoms with Gasteiger partial charge < -0.3 is 5.73 Å². The second-order valence-corrected chi connectivity index (χ2v) is 9.37. The van der Waals surface area contributed by atoms with Gasteiger partial charge in [0.15, 0.2) is 0 Å². The molecule has 0 aliphatic heterocycles. The molecule has 0 radical (unpaired) electrons. The predicted octanol–water partition coefficient (Wildman–Crippen LogP) is 7.62. The number of nitrogens with two attached hydrogens (primary N) is 1. The average molecular weight is 436 g/mol. The van der Waals surface area contributed by atoms with Crippen LogP contribution >= 0.6 is 0 Å². The lowest BCUT2D eigenvalue weighted by Gasteiger charge is -2.18. The molecule has 0 saturated carbocycles. The Kier molecular flexibility index (Phi) is 4.33. The van der Waals surface area contributed by atoms with E-state index in [0.29, 0.717) is 6.54 Å². The minimum Gasteiger partial charge on any atom is -0.326 e. The third-order valence-electron chi connectivity index (χ3n) is 7.66. The summed E-state index contributed by atoms with van der Waals surface area (Å²) in [6, 6.07) is 37.7. The fraction of sp³-hybridized carbons (Fsp3) is 0.0909. The highest BCUT2D eigenvalue weighted by atomic mass is 14.5. The van der Waals surface area contributed by atoms with Gasteiger partial charge in [-0.1, -0.05) is 103 Å². The van der Waals surface area contributed by atoms with Gasteiger partial charge in [0.2, 0.25) is 0 Å².